The number of esters is 1. The molecule has 0 amide bonds. The fourth-order valence-corrected chi connectivity index (χ4v) is 1.21. The number of hydrogen-bond acceptors (Lipinski definition) is 3. The maximum atomic E-state index is 13.2. The van der Waals surface area contributed by atoms with Crippen LogP contribution in [0.1, 0.15) is 6.92 Å². The monoisotopic (exact) mass is 194 g/mol. The molecule has 2 aromatic rings. The molecule has 14 heavy (non-hydrogen) atoms. The number of aromatic amines is 1. The van der Waals surface area contributed by atoms with Crippen LogP contribution in [0.5, 0.6) is 5.75 Å². The number of fused-ring (bicyclic) bond motifs is 1. The van der Waals surface area contributed by atoms with Crippen molar-refractivity contribution in [3.63, 3.8) is 0 Å². The number of H-pyrrole nitrogens is 1. The van der Waals surface area contributed by atoms with Gasteiger partial charge in [-0.25, -0.2) is 4.39 Å². The van der Waals surface area contributed by atoms with Crippen molar-refractivity contribution in [3.05, 3.63) is 24.1 Å². The van der Waals surface area contributed by atoms with Gasteiger partial charge in [-0.05, 0) is 12.1 Å². The second kappa shape index (κ2) is 3.10. The number of benzene rings is 1. The highest BCUT2D eigenvalue weighted by atomic mass is 19.1. The molecule has 0 spiro atoms. The van der Waals surface area contributed by atoms with Gasteiger partial charge in [0, 0.05) is 13.1 Å². The Bertz CT molecular complexity index is 493. The van der Waals surface area contributed by atoms with Gasteiger partial charge in [0.1, 0.15) is 0 Å². The molecule has 0 aliphatic carbocycles. The summed E-state index contributed by atoms with van der Waals surface area (Å²) in [4.78, 5) is 10.7. The second-order valence-electron chi connectivity index (χ2n) is 2.79. The Morgan fingerprint density at radius 3 is 3.07 bits per heavy atom. The lowest BCUT2D eigenvalue weighted by Crippen LogP contribution is -2.03. The van der Waals surface area contributed by atoms with Gasteiger partial charge in [-0.15, -0.1) is 0 Å². The lowest BCUT2D eigenvalue weighted by atomic mass is 10.2. The number of aromatic nitrogens is 2. The summed E-state index contributed by atoms with van der Waals surface area (Å²) in [5.41, 5.74) is 0.558. The molecule has 5 heteroatoms. The zero-order valence-electron chi connectivity index (χ0n) is 7.37. The van der Waals surface area contributed by atoms with Gasteiger partial charge in [0.05, 0.1) is 10.9 Å². The van der Waals surface area contributed by atoms with E-state index in [1.165, 1.54) is 25.3 Å². The number of halogens is 1. The average Bonchev–Trinajstić information content (AvgIpc) is 2.57. The molecule has 1 N–H and O–H groups in total. The van der Waals surface area contributed by atoms with Crippen molar-refractivity contribution >= 4 is 16.9 Å². The van der Waals surface area contributed by atoms with E-state index in [9.17, 15) is 9.18 Å². The molecule has 1 heterocycles. The Kier molecular flexibility index (Phi) is 1.92. The maximum absolute atomic E-state index is 13.2. The summed E-state index contributed by atoms with van der Waals surface area (Å²) in [5, 5.41) is 6.87. The quantitative estimate of drug-likeness (QED) is 0.554. The molecule has 0 atom stereocenters. The third-order valence-electron chi connectivity index (χ3n) is 1.76. The van der Waals surface area contributed by atoms with Crippen molar-refractivity contribution in [2.24, 2.45) is 0 Å². The van der Waals surface area contributed by atoms with E-state index in [0.29, 0.717) is 10.9 Å². The van der Waals surface area contributed by atoms with Gasteiger partial charge in [0.15, 0.2) is 11.6 Å². The number of nitrogens with zero attached hydrogens (tertiary/aromatic N) is 1. The highest BCUT2D eigenvalue weighted by molar-refractivity contribution is 5.87. The van der Waals surface area contributed by atoms with Crippen LogP contribution in [0.25, 0.3) is 10.9 Å². The zero-order valence-corrected chi connectivity index (χ0v) is 7.37. The molecule has 0 saturated carbocycles. The minimum Gasteiger partial charge on any atom is -0.423 e. The van der Waals surface area contributed by atoms with E-state index in [2.05, 4.69) is 10.2 Å². The molecule has 4 nitrogen and oxygen atoms in total. The molecule has 72 valence electrons. The predicted molar refractivity (Wildman–Crippen MR) is 47.4 cm³/mol. The second-order valence-corrected chi connectivity index (χ2v) is 2.79. The Hall–Kier alpha value is -1.91. The summed E-state index contributed by atoms with van der Waals surface area (Å²) in [5.74, 6) is -1.21. The first-order valence-corrected chi connectivity index (χ1v) is 3.99. The van der Waals surface area contributed by atoms with Crippen LogP contribution in [0.2, 0.25) is 0 Å². The van der Waals surface area contributed by atoms with Crippen LogP contribution in [0, 0.1) is 5.82 Å². The first-order valence-electron chi connectivity index (χ1n) is 3.99. The fourth-order valence-electron chi connectivity index (χ4n) is 1.21. The normalized spacial score (nSPS) is 10.4. The zero-order chi connectivity index (χ0) is 10.1. The topological polar surface area (TPSA) is 55.0 Å². The molecule has 0 radical (unpaired) electrons. The van der Waals surface area contributed by atoms with E-state index in [4.69, 9.17) is 4.74 Å². The highest BCUT2D eigenvalue weighted by Crippen LogP contribution is 2.27. The minimum atomic E-state index is -0.575. The largest absolute Gasteiger partial charge is 0.423 e. The van der Waals surface area contributed by atoms with E-state index in [0.717, 1.165) is 0 Å². The van der Waals surface area contributed by atoms with Gasteiger partial charge < -0.3 is 4.74 Å². The van der Waals surface area contributed by atoms with Gasteiger partial charge >= 0.3 is 5.97 Å². The van der Waals surface area contributed by atoms with Crippen LogP contribution in [0.4, 0.5) is 4.39 Å². The van der Waals surface area contributed by atoms with E-state index in [-0.39, 0.29) is 5.75 Å². The molecular weight excluding hydrogens is 187 g/mol. The molecule has 0 unspecified atom stereocenters. The number of nitrogens with one attached hydrogen (secondary N) is 1. The number of rotatable bonds is 1. The summed E-state index contributed by atoms with van der Waals surface area (Å²) in [6.07, 6.45) is 1.48. The Morgan fingerprint density at radius 1 is 1.57 bits per heavy atom. The number of ether oxygens (including phenoxy) is 1. The summed E-state index contributed by atoms with van der Waals surface area (Å²) in [6, 6.07) is 2.72. The summed E-state index contributed by atoms with van der Waals surface area (Å²) < 4.78 is 18.0. The third kappa shape index (κ3) is 1.32. The van der Waals surface area contributed by atoms with Gasteiger partial charge in [0.25, 0.3) is 0 Å². The summed E-state index contributed by atoms with van der Waals surface area (Å²) in [7, 11) is 0. The van der Waals surface area contributed by atoms with E-state index in [1.807, 2.05) is 0 Å². The molecule has 1 aromatic carbocycles. The van der Waals surface area contributed by atoms with Crippen molar-refractivity contribution in [3.8, 4) is 5.75 Å². The standard InChI is InChI=1S/C9H7FN2O2/c1-5(13)14-9-6-4-11-12-8(6)3-2-7(9)10/h2-4H,1H3,(H,11,12). The molecule has 0 aliphatic heterocycles. The van der Waals surface area contributed by atoms with Crippen molar-refractivity contribution in [1.82, 2.24) is 10.2 Å². The van der Waals surface area contributed by atoms with Crippen LogP contribution in [-0.4, -0.2) is 16.2 Å². The Morgan fingerprint density at radius 2 is 2.36 bits per heavy atom. The van der Waals surface area contributed by atoms with Crippen molar-refractivity contribution < 1.29 is 13.9 Å². The van der Waals surface area contributed by atoms with Crippen LogP contribution < -0.4 is 4.74 Å². The highest BCUT2D eigenvalue weighted by Gasteiger charge is 2.12. The summed E-state index contributed by atoms with van der Waals surface area (Å²) in [6.45, 7) is 1.22. The fraction of sp³-hybridized carbons (Fsp3) is 0.111. The van der Waals surface area contributed by atoms with E-state index in [1.54, 1.807) is 0 Å². The smallest absolute Gasteiger partial charge is 0.308 e. The van der Waals surface area contributed by atoms with Gasteiger partial charge in [-0.1, -0.05) is 0 Å². The Labute approximate surface area is 78.7 Å². The van der Waals surface area contributed by atoms with Crippen molar-refractivity contribution in [1.29, 1.82) is 0 Å². The van der Waals surface area contributed by atoms with E-state index < -0.39 is 11.8 Å². The first-order chi connectivity index (χ1) is 6.68. The van der Waals surface area contributed by atoms with Gasteiger partial charge in [-0.2, -0.15) is 5.10 Å². The third-order valence-corrected chi connectivity index (χ3v) is 1.76. The Balaban J connectivity index is 2.64. The molecule has 0 saturated heterocycles. The average molecular weight is 194 g/mol. The number of carbonyl (C=O) groups excluding carboxylic acids is 1. The molecule has 0 aliphatic rings. The lowest BCUT2D eigenvalue weighted by Gasteiger charge is -2.02. The van der Waals surface area contributed by atoms with Crippen LogP contribution in [-0.2, 0) is 4.79 Å². The first kappa shape index (κ1) is 8.68. The van der Waals surface area contributed by atoms with Crippen LogP contribution >= 0.6 is 0 Å². The van der Waals surface area contributed by atoms with E-state index >= 15 is 0 Å². The molecule has 2 rings (SSSR count). The lowest BCUT2D eigenvalue weighted by molar-refractivity contribution is -0.132. The predicted octanol–water partition coefficient (Wildman–Crippen LogP) is 1.63. The van der Waals surface area contributed by atoms with Crippen molar-refractivity contribution in [2.75, 3.05) is 0 Å². The molecule has 0 fully saturated rings. The van der Waals surface area contributed by atoms with Crippen molar-refractivity contribution in [2.45, 2.75) is 6.92 Å². The number of hydrogen-bond donors (Lipinski definition) is 1. The summed E-state index contributed by atoms with van der Waals surface area (Å²) >= 11 is 0. The minimum absolute atomic E-state index is 0.0799. The molecule has 0 bridgehead atoms. The van der Waals surface area contributed by atoms with Crippen LogP contribution in [0.3, 0.4) is 0 Å². The maximum Gasteiger partial charge on any atom is 0.308 e. The van der Waals surface area contributed by atoms with Gasteiger partial charge in [0.2, 0.25) is 0 Å². The molecule has 1 aromatic heterocycles. The van der Waals surface area contributed by atoms with Gasteiger partial charge in [-0.3, -0.25) is 9.89 Å². The van der Waals surface area contributed by atoms with Crippen LogP contribution in [0.15, 0.2) is 18.3 Å². The molecular formula is C9H7FN2O2. The SMILES string of the molecule is CC(=O)Oc1c(F)ccc2n[nH]cc12. The number of carbonyl (C=O) groups is 1.